The Kier molecular flexibility index (Phi) is 6.70. The maximum absolute atomic E-state index is 13.5. The molecule has 1 N–H and O–H groups in total. The fraction of sp³-hybridized carbons (Fsp3) is 0.308. The number of hydrogen-bond donors (Lipinski definition) is 1. The molecule has 0 aromatic heterocycles. The van der Waals surface area contributed by atoms with Crippen molar-refractivity contribution in [2.24, 2.45) is 0 Å². The van der Waals surface area contributed by atoms with E-state index in [1.54, 1.807) is 13.2 Å². The monoisotopic (exact) mass is 455 g/mol. The molecular weight excluding hydrogens is 429 g/mol. The predicted octanol–water partition coefficient (Wildman–Crippen LogP) is 6.54. The van der Waals surface area contributed by atoms with Crippen LogP contribution in [0, 0.1) is 5.82 Å². The van der Waals surface area contributed by atoms with Crippen LogP contribution in [0.5, 0.6) is 5.75 Å². The van der Waals surface area contributed by atoms with Gasteiger partial charge in [-0.05, 0) is 61.4 Å². The van der Waals surface area contributed by atoms with E-state index >= 15 is 0 Å². The zero-order chi connectivity index (χ0) is 22.7. The summed E-state index contributed by atoms with van der Waals surface area (Å²) >= 11 is 6.31. The number of ether oxygens (including phenoxy) is 3. The molecule has 0 fully saturated rings. The molecule has 0 bridgehead atoms. The van der Waals surface area contributed by atoms with Crippen molar-refractivity contribution < 1.29 is 18.6 Å². The highest BCUT2D eigenvalue weighted by Crippen LogP contribution is 2.44. The molecule has 0 spiro atoms. The van der Waals surface area contributed by atoms with Gasteiger partial charge in [0, 0.05) is 29.9 Å². The smallest absolute Gasteiger partial charge is 0.132 e. The largest absolute Gasteiger partial charge is 0.485 e. The third-order valence-corrected chi connectivity index (χ3v) is 6.03. The summed E-state index contributed by atoms with van der Waals surface area (Å²) in [5.41, 5.74) is 2.97. The van der Waals surface area contributed by atoms with Crippen molar-refractivity contribution in [1.82, 2.24) is 0 Å². The molecule has 2 unspecified atom stereocenters. The van der Waals surface area contributed by atoms with Crippen LogP contribution in [0.25, 0.3) is 0 Å². The minimum atomic E-state index is -0.606. The molecule has 1 heterocycles. The first-order valence-corrected chi connectivity index (χ1v) is 10.9. The fourth-order valence-corrected chi connectivity index (χ4v) is 4.22. The van der Waals surface area contributed by atoms with Gasteiger partial charge in [-0.15, -0.1) is 0 Å². The van der Waals surface area contributed by atoms with Crippen LogP contribution in [0.15, 0.2) is 66.7 Å². The number of halogens is 2. The predicted molar refractivity (Wildman–Crippen MR) is 125 cm³/mol. The van der Waals surface area contributed by atoms with Gasteiger partial charge >= 0.3 is 0 Å². The number of anilines is 1. The lowest BCUT2D eigenvalue weighted by atomic mass is 9.88. The fourth-order valence-electron chi connectivity index (χ4n) is 4.03. The molecule has 0 saturated heterocycles. The first-order valence-electron chi connectivity index (χ1n) is 10.6. The van der Waals surface area contributed by atoms with Crippen molar-refractivity contribution in [2.45, 2.75) is 44.8 Å². The molecule has 1 aliphatic heterocycles. The van der Waals surface area contributed by atoms with E-state index in [0.29, 0.717) is 18.2 Å². The number of fused-ring (bicyclic) bond motifs is 1. The van der Waals surface area contributed by atoms with E-state index < -0.39 is 5.60 Å². The summed E-state index contributed by atoms with van der Waals surface area (Å²) in [7, 11) is 1.68. The Morgan fingerprint density at radius 1 is 1.06 bits per heavy atom. The van der Waals surface area contributed by atoms with Crippen LogP contribution >= 0.6 is 11.6 Å². The lowest BCUT2D eigenvalue weighted by Crippen LogP contribution is -2.50. The molecule has 6 heteroatoms. The van der Waals surface area contributed by atoms with Gasteiger partial charge in [0.1, 0.15) is 29.4 Å². The Labute approximate surface area is 193 Å². The normalized spacial score (nSPS) is 19.2. The van der Waals surface area contributed by atoms with Gasteiger partial charge in [0.25, 0.3) is 0 Å². The summed E-state index contributed by atoms with van der Waals surface area (Å²) in [6, 6.07) is 20.1. The minimum absolute atomic E-state index is 0.247. The van der Waals surface area contributed by atoms with E-state index in [-0.39, 0.29) is 18.0 Å². The van der Waals surface area contributed by atoms with Gasteiger partial charge in [0.05, 0.1) is 6.61 Å². The SMILES string of the molecule is COC1c2cc(NCc3cccc(F)c3)ccc2OC(C)(C)C1OCc1ccccc1Cl. The van der Waals surface area contributed by atoms with Gasteiger partial charge in [-0.1, -0.05) is 41.9 Å². The molecule has 1 aliphatic rings. The van der Waals surface area contributed by atoms with Gasteiger partial charge < -0.3 is 19.5 Å². The summed E-state index contributed by atoms with van der Waals surface area (Å²) in [4.78, 5) is 0. The average molecular weight is 456 g/mol. The van der Waals surface area contributed by atoms with Crippen LogP contribution < -0.4 is 10.1 Å². The molecule has 168 valence electrons. The third kappa shape index (κ3) is 4.90. The quantitative estimate of drug-likeness (QED) is 0.439. The Balaban J connectivity index is 1.55. The third-order valence-electron chi connectivity index (χ3n) is 5.67. The van der Waals surface area contributed by atoms with Crippen LogP contribution in [0.1, 0.15) is 36.6 Å². The number of benzene rings is 3. The van der Waals surface area contributed by atoms with Crippen LogP contribution in [0.3, 0.4) is 0 Å². The summed E-state index contributed by atoms with van der Waals surface area (Å²) in [5, 5.41) is 4.01. The molecule has 4 nitrogen and oxygen atoms in total. The number of nitrogens with one attached hydrogen (secondary N) is 1. The summed E-state index contributed by atoms with van der Waals surface area (Å²) in [6.07, 6.45) is -0.679. The van der Waals surface area contributed by atoms with Crippen molar-refractivity contribution in [3.8, 4) is 5.75 Å². The van der Waals surface area contributed by atoms with Crippen molar-refractivity contribution in [3.05, 3.63) is 94.3 Å². The Hall–Kier alpha value is -2.60. The van der Waals surface area contributed by atoms with E-state index in [1.807, 2.05) is 62.4 Å². The number of methoxy groups -OCH3 is 1. The zero-order valence-electron chi connectivity index (χ0n) is 18.4. The van der Waals surface area contributed by atoms with Crippen LogP contribution in [0.2, 0.25) is 5.02 Å². The Bertz CT molecular complexity index is 1090. The van der Waals surface area contributed by atoms with Crippen molar-refractivity contribution in [2.75, 3.05) is 12.4 Å². The standard InChI is InChI=1S/C26H27ClFNO3/c1-26(2)25(31-16-18-8-4-5-10-22(18)27)24(30-3)21-14-20(11-12-23(21)32-26)29-15-17-7-6-9-19(28)13-17/h4-14,24-25,29H,15-16H2,1-3H3. The van der Waals surface area contributed by atoms with Crippen LogP contribution in [-0.4, -0.2) is 18.8 Å². The topological polar surface area (TPSA) is 39.7 Å². The molecular formula is C26H27ClFNO3. The van der Waals surface area contributed by atoms with E-state index in [1.165, 1.54) is 12.1 Å². The summed E-state index contributed by atoms with van der Waals surface area (Å²) in [6.45, 7) is 4.85. The summed E-state index contributed by atoms with van der Waals surface area (Å²) < 4.78 is 32.0. The molecule has 3 aromatic carbocycles. The van der Waals surface area contributed by atoms with Gasteiger partial charge in [-0.3, -0.25) is 0 Å². The molecule has 32 heavy (non-hydrogen) atoms. The highest BCUT2D eigenvalue weighted by atomic mass is 35.5. The number of rotatable bonds is 7. The Morgan fingerprint density at radius 3 is 2.62 bits per heavy atom. The maximum Gasteiger partial charge on any atom is 0.132 e. The second-order valence-corrected chi connectivity index (χ2v) is 8.83. The van der Waals surface area contributed by atoms with Gasteiger partial charge in [0.15, 0.2) is 0 Å². The van der Waals surface area contributed by atoms with E-state index in [4.69, 9.17) is 25.8 Å². The van der Waals surface area contributed by atoms with E-state index in [0.717, 1.165) is 28.1 Å². The molecule has 3 aromatic rings. The average Bonchev–Trinajstić information content (AvgIpc) is 2.76. The number of hydrogen-bond acceptors (Lipinski definition) is 4. The Morgan fingerprint density at radius 2 is 1.88 bits per heavy atom. The summed E-state index contributed by atoms with van der Waals surface area (Å²) in [5.74, 6) is 0.513. The lowest BCUT2D eigenvalue weighted by molar-refractivity contribution is -0.159. The van der Waals surface area contributed by atoms with Crippen LogP contribution in [-0.2, 0) is 22.6 Å². The second kappa shape index (κ2) is 9.49. The first-order chi connectivity index (χ1) is 15.4. The molecule has 0 amide bonds. The van der Waals surface area contributed by atoms with Gasteiger partial charge in [-0.25, -0.2) is 4.39 Å². The van der Waals surface area contributed by atoms with Crippen LogP contribution in [0.4, 0.5) is 10.1 Å². The minimum Gasteiger partial charge on any atom is -0.485 e. The van der Waals surface area contributed by atoms with E-state index in [9.17, 15) is 4.39 Å². The highest BCUT2D eigenvalue weighted by Gasteiger charge is 2.45. The van der Waals surface area contributed by atoms with Crippen molar-refractivity contribution >= 4 is 17.3 Å². The molecule has 0 radical (unpaired) electrons. The van der Waals surface area contributed by atoms with Gasteiger partial charge in [-0.2, -0.15) is 0 Å². The molecule has 2 atom stereocenters. The highest BCUT2D eigenvalue weighted by molar-refractivity contribution is 6.31. The lowest BCUT2D eigenvalue weighted by Gasteiger charge is -2.44. The van der Waals surface area contributed by atoms with Gasteiger partial charge in [0.2, 0.25) is 0 Å². The van der Waals surface area contributed by atoms with Crippen molar-refractivity contribution in [3.63, 3.8) is 0 Å². The molecule has 0 aliphatic carbocycles. The van der Waals surface area contributed by atoms with Crippen molar-refractivity contribution in [1.29, 1.82) is 0 Å². The second-order valence-electron chi connectivity index (χ2n) is 8.42. The maximum atomic E-state index is 13.5. The first kappa shape index (κ1) is 22.6. The zero-order valence-corrected chi connectivity index (χ0v) is 19.2. The van der Waals surface area contributed by atoms with E-state index in [2.05, 4.69) is 5.32 Å². The molecule has 0 saturated carbocycles. The molecule has 4 rings (SSSR count).